The molecule has 1 aromatic heterocycles. The molecular formula is C11H10N4O6S. The Balaban J connectivity index is 2.49. The van der Waals surface area contributed by atoms with Crippen molar-refractivity contribution in [3.05, 3.63) is 60.9 Å². The maximum Gasteiger partial charge on any atom is 0.325 e. The highest BCUT2D eigenvalue weighted by molar-refractivity contribution is 7.92. The Morgan fingerprint density at radius 2 is 1.91 bits per heavy atom. The number of anilines is 1. The van der Waals surface area contributed by atoms with Gasteiger partial charge in [-0.05, 0) is 13.0 Å². The molecule has 0 fully saturated rings. The van der Waals surface area contributed by atoms with Crippen LogP contribution in [-0.4, -0.2) is 23.3 Å². The lowest BCUT2D eigenvalue weighted by Crippen LogP contribution is -2.31. The second-order valence-electron chi connectivity index (χ2n) is 4.28. The van der Waals surface area contributed by atoms with Crippen molar-refractivity contribution in [3.63, 3.8) is 0 Å². The Kier molecular flexibility index (Phi) is 3.82. The van der Waals surface area contributed by atoms with Crippen molar-refractivity contribution in [1.29, 1.82) is 0 Å². The van der Waals surface area contributed by atoms with Crippen molar-refractivity contribution < 1.29 is 13.3 Å². The minimum atomic E-state index is -4.32. The van der Waals surface area contributed by atoms with Crippen LogP contribution in [0.2, 0.25) is 0 Å². The number of H-pyrrole nitrogens is 2. The molecule has 0 aliphatic rings. The van der Waals surface area contributed by atoms with E-state index in [1.165, 1.54) is 25.1 Å². The standard InChI is InChI=1S/C11H10N4O6S/c1-6-9(10(16)13-11(17)12-6)22(20,21)14-7-3-2-4-8(5-7)15(18)19/h2-5,14H,1H3,(H2,12,13,16,17). The number of hydrogen-bond donors (Lipinski definition) is 3. The number of aromatic nitrogens is 2. The molecule has 0 saturated carbocycles. The zero-order chi connectivity index (χ0) is 16.5. The van der Waals surface area contributed by atoms with E-state index in [0.717, 1.165) is 6.07 Å². The van der Waals surface area contributed by atoms with Crippen molar-refractivity contribution in [2.75, 3.05) is 4.72 Å². The van der Waals surface area contributed by atoms with Crippen LogP contribution in [0.5, 0.6) is 0 Å². The fourth-order valence-electron chi connectivity index (χ4n) is 1.80. The zero-order valence-electron chi connectivity index (χ0n) is 11.1. The average molecular weight is 326 g/mol. The molecule has 1 heterocycles. The molecule has 0 atom stereocenters. The van der Waals surface area contributed by atoms with Crippen molar-refractivity contribution in [1.82, 2.24) is 9.97 Å². The molecule has 116 valence electrons. The van der Waals surface area contributed by atoms with Crippen LogP contribution in [-0.2, 0) is 10.0 Å². The van der Waals surface area contributed by atoms with Crippen LogP contribution < -0.4 is 16.0 Å². The van der Waals surface area contributed by atoms with E-state index in [1.807, 2.05) is 4.98 Å². The first-order valence-corrected chi connectivity index (χ1v) is 7.29. The molecular weight excluding hydrogens is 316 g/mol. The summed E-state index contributed by atoms with van der Waals surface area (Å²) in [6.45, 7) is 1.25. The fraction of sp³-hybridized carbons (Fsp3) is 0.0909. The number of aromatic amines is 2. The van der Waals surface area contributed by atoms with Gasteiger partial charge in [0.2, 0.25) is 0 Å². The Bertz CT molecular complexity index is 959. The quantitative estimate of drug-likeness (QED) is 0.533. The molecule has 3 N–H and O–H groups in total. The predicted molar refractivity (Wildman–Crippen MR) is 76.3 cm³/mol. The van der Waals surface area contributed by atoms with E-state index >= 15 is 0 Å². The van der Waals surface area contributed by atoms with Crippen LogP contribution in [0.15, 0.2) is 38.8 Å². The van der Waals surface area contributed by atoms with E-state index in [0.29, 0.717) is 0 Å². The fourth-order valence-corrected chi connectivity index (χ4v) is 3.09. The van der Waals surface area contributed by atoms with Gasteiger partial charge in [-0.1, -0.05) is 6.07 Å². The van der Waals surface area contributed by atoms with Gasteiger partial charge in [-0.15, -0.1) is 0 Å². The molecule has 0 bridgehead atoms. The lowest BCUT2D eigenvalue weighted by atomic mass is 10.3. The molecule has 2 aromatic rings. The van der Waals surface area contributed by atoms with E-state index in [1.54, 1.807) is 0 Å². The third-order valence-electron chi connectivity index (χ3n) is 2.65. The highest BCUT2D eigenvalue weighted by Gasteiger charge is 2.23. The average Bonchev–Trinajstić information content (AvgIpc) is 2.36. The van der Waals surface area contributed by atoms with E-state index < -0.39 is 31.1 Å². The van der Waals surface area contributed by atoms with Gasteiger partial charge in [-0.3, -0.25) is 24.6 Å². The van der Waals surface area contributed by atoms with Crippen LogP contribution in [0.4, 0.5) is 11.4 Å². The summed E-state index contributed by atoms with van der Waals surface area (Å²) in [5.74, 6) is 0. The monoisotopic (exact) mass is 326 g/mol. The van der Waals surface area contributed by atoms with Gasteiger partial charge in [-0.2, -0.15) is 0 Å². The summed E-state index contributed by atoms with van der Waals surface area (Å²) in [4.78, 5) is 36.0. The van der Waals surface area contributed by atoms with Crippen molar-refractivity contribution in [3.8, 4) is 0 Å². The Hall–Kier alpha value is -2.95. The molecule has 0 radical (unpaired) electrons. The number of aryl methyl sites for hydroxylation is 1. The minimum Gasteiger partial charge on any atom is -0.310 e. The predicted octanol–water partition coefficient (Wildman–Crippen LogP) is 0.0806. The molecule has 1 aromatic carbocycles. The van der Waals surface area contributed by atoms with Gasteiger partial charge in [0.25, 0.3) is 21.3 Å². The largest absolute Gasteiger partial charge is 0.325 e. The van der Waals surface area contributed by atoms with Crippen LogP contribution in [0.3, 0.4) is 0 Å². The van der Waals surface area contributed by atoms with E-state index in [9.17, 15) is 28.1 Å². The Labute approximate surface area is 123 Å². The summed E-state index contributed by atoms with van der Waals surface area (Å²) in [6.07, 6.45) is 0. The molecule has 0 aliphatic heterocycles. The SMILES string of the molecule is Cc1[nH]c(=O)[nH]c(=O)c1S(=O)(=O)Nc1cccc([N+](=O)[O-])c1. The summed E-state index contributed by atoms with van der Waals surface area (Å²) < 4.78 is 26.5. The van der Waals surface area contributed by atoms with Gasteiger partial charge in [0, 0.05) is 17.8 Å². The summed E-state index contributed by atoms with van der Waals surface area (Å²) >= 11 is 0. The summed E-state index contributed by atoms with van der Waals surface area (Å²) in [7, 11) is -4.32. The lowest BCUT2D eigenvalue weighted by molar-refractivity contribution is -0.384. The first-order chi connectivity index (χ1) is 10.2. The van der Waals surface area contributed by atoms with Crippen molar-refractivity contribution in [2.24, 2.45) is 0 Å². The number of hydrogen-bond acceptors (Lipinski definition) is 6. The Morgan fingerprint density at radius 1 is 1.23 bits per heavy atom. The first-order valence-electron chi connectivity index (χ1n) is 5.81. The maximum absolute atomic E-state index is 12.2. The molecule has 0 spiro atoms. The minimum absolute atomic E-state index is 0.0841. The third-order valence-corrected chi connectivity index (χ3v) is 4.19. The first kappa shape index (κ1) is 15.4. The number of benzene rings is 1. The molecule has 2 rings (SSSR count). The molecule has 10 nitrogen and oxygen atoms in total. The van der Waals surface area contributed by atoms with Crippen molar-refractivity contribution >= 4 is 21.4 Å². The van der Waals surface area contributed by atoms with Gasteiger partial charge in [-0.25, -0.2) is 13.2 Å². The molecule has 0 unspecified atom stereocenters. The third kappa shape index (κ3) is 3.03. The van der Waals surface area contributed by atoms with Crippen molar-refractivity contribution in [2.45, 2.75) is 11.8 Å². The lowest BCUT2D eigenvalue weighted by Gasteiger charge is -2.08. The van der Waals surface area contributed by atoms with Gasteiger partial charge in [0.05, 0.1) is 10.6 Å². The number of nitro groups is 1. The van der Waals surface area contributed by atoms with E-state index in [2.05, 4.69) is 9.71 Å². The summed E-state index contributed by atoms with van der Waals surface area (Å²) in [5, 5.41) is 10.7. The van der Waals surface area contributed by atoms with Gasteiger partial charge < -0.3 is 4.98 Å². The molecule has 22 heavy (non-hydrogen) atoms. The number of sulfonamides is 1. The molecule has 0 aliphatic carbocycles. The normalized spacial score (nSPS) is 11.1. The number of nitrogens with one attached hydrogen (secondary N) is 3. The van der Waals surface area contributed by atoms with Crippen LogP contribution in [0.25, 0.3) is 0 Å². The number of nitrogens with zero attached hydrogens (tertiary/aromatic N) is 1. The zero-order valence-corrected chi connectivity index (χ0v) is 11.9. The van der Waals surface area contributed by atoms with Crippen LogP contribution in [0, 0.1) is 17.0 Å². The smallest absolute Gasteiger partial charge is 0.310 e. The second-order valence-corrected chi connectivity index (χ2v) is 5.89. The van der Waals surface area contributed by atoms with Crippen LogP contribution in [0.1, 0.15) is 5.69 Å². The Morgan fingerprint density at radius 3 is 2.50 bits per heavy atom. The molecule has 0 amide bonds. The summed E-state index contributed by atoms with van der Waals surface area (Å²) in [6, 6.07) is 4.78. The van der Waals surface area contributed by atoms with Gasteiger partial charge in [0.1, 0.15) is 0 Å². The number of nitro benzene ring substituents is 1. The molecule has 11 heteroatoms. The topological polar surface area (TPSA) is 155 Å². The highest BCUT2D eigenvalue weighted by Crippen LogP contribution is 2.20. The highest BCUT2D eigenvalue weighted by atomic mass is 32.2. The van der Waals surface area contributed by atoms with E-state index in [4.69, 9.17) is 0 Å². The van der Waals surface area contributed by atoms with E-state index in [-0.39, 0.29) is 17.1 Å². The number of non-ortho nitro benzene ring substituents is 1. The van der Waals surface area contributed by atoms with Crippen LogP contribution >= 0.6 is 0 Å². The maximum atomic E-state index is 12.2. The molecule has 0 saturated heterocycles. The van der Waals surface area contributed by atoms with Gasteiger partial charge in [0.15, 0.2) is 4.90 Å². The number of rotatable bonds is 4. The second kappa shape index (κ2) is 5.44. The van der Waals surface area contributed by atoms with Gasteiger partial charge >= 0.3 is 5.69 Å². The summed E-state index contributed by atoms with van der Waals surface area (Å²) in [5.41, 5.74) is -2.46.